The van der Waals surface area contributed by atoms with Gasteiger partial charge in [-0.2, -0.15) is 0 Å². The monoisotopic (exact) mass is 246 g/mol. The molecule has 0 unspecified atom stereocenters. The number of carbonyl (C=O) groups is 3. The molecule has 1 aromatic heterocycles. The van der Waals surface area contributed by atoms with E-state index in [0.29, 0.717) is 19.3 Å². The molecule has 2 aliphatic rings. The highest BCUT2D eigenvalue weighted by atomic mass is 16.4. The number of imide groups is 1. The average Bonchev–Trinajstić information content (AvgIpc) is 2.54. The zero-order valence-electron chi connectivity index (χ0n) is 9.42. The zero-order chi connectivity index (χ0) is 12.9. The second-order valence-electron chi connectivity index (χ2n) is 4.56. The molecule has 92 valence electrons. The van der Waals surface area contributed by atoms with Crippen molar-refractivity contribution in [1.82, 2.24) is 9.88 Å². The fourth-order valence-corrected chi connectivity index (χ4v) is 2.52. The molecule has 1 fully saturated rings. The van der Waals surface area contributed by atoms with Gasteiger partial charge >= 0.3 is 5.97 Å². The average molecular weight is 246 g/mol. The third-order valence-corrected chi connectivity index (χ3v) is 3.69. The largest absolute Gasteiger partial charge is 0.479 e. The predicted molar refractivity (Wildman–Crippen MR) is 59.0 cm³/mol. The molecular weight excluding hydrogens is 236 g/mol. The van der Waals surface area contributed by atoms with E-state index >= 15 is 0 Å². The van der Waals surface area contributed by atoms with Crippen molar-refractivity contribution >= 4 is 17.8 Å². The van der Waals surface area contributed by atoms with Gasteiger partial charge in [-0.3, -0.25) is 19.5 Å². The van der Waals surface area contributed by atoms with Crippen LogP contribution in [0.1, 0.15) is 40.0 Å². The topological polar surface area (TPSA) is 87.6 Å². The Bertz CT molecular complexity index is 542. The molecule has 1 aromatic rings. The number of carboxylic acid groups (broad SMARTS) is 1. The lowest BCUT2D eigenvalue weighted by molar-refractivity contribution is -0.153. The molecule has 0 bridgehead atoms. The van der Waals surface area contributed by atoms with Crippen molar-refractivity contribution < 1.29 is 19.5 Å². The first-order chi connectivity index (χ1) is 8.58. The van der Waals surface area contributed by atoms with Gasteiger partial charge in [0.25, 0.3) is 11.8 Å². The number of pyridine rings is 1. The van der Waals surface area contributed by atoms with Gasteiger partial charge < -0.3 is 5.11 Å². The molecule has 1 N–H and O–H groups in total. The Morgan fingerprint density at radius 2 is 1.94 bits per heavy atom. The first-order valence-electron chi connectivity index (χ1n) is 5.64. The number of aromatic nitrogens is 1. The van der Waals surface area contributed by atoms with Gasteiger partial charge in [0.1, 0.15) is 5.54 Å². The smallest absolute Gasteiger partial charge is 0.330 e. The van der Waals surface area contributed by atoms with Crippen LogP contribution < -0.4 is 0 Å². The van der Waals surface area contributed by atoms with E-state index in [2.05, 4.69) is 4.98 Å². The summed E-state index contributed by atoms with van der Waals surface area (Å²) in [4.78, 5) is 40.4. The molecule has 6 nitrogen and oxygen atoms in total. The van der Waals surface area contributed by atoms with Crippen LogP contribution in [-0.4, -0.2) is 38.3 Å². The Morgan fingerprint density at radius 1 is 1.28 bits per heavy atom. The normalized spacial score (nSPS) is 20.6. The molecule has 2 heterocycles. The van der Waals surface area contributed by atoms with Crippen molar-refractivity contribution in [3.8, 4) is 0 Å². The Morgan fingerprint density at radius 3 is 2.44 bits per heavy atom. The maximum absolute atomic E-state index is 12.2. The standard InChI is InChI=1S/C12H10N2O4/c15-9-7-2-5-13-6-8(7)10(16)14(9)12(11(17)18)3-1-4-12/h2,5-6H,1,3-4H2,(H,17,18). The van der Waals surface area contributed by atoms with Gasteiger partial charge in [0.15, 0.2) is 0 Å². The number of hydrogen-bond acceptors (Lipinski definition) is 4. The van der Waals surface area contributed by atoms with Crippen molar-refractivity contribution in [1.29, 1.82) is 0 Å². The molecule has 18 heavy (non-hydrogen) atoms. The van der Waals surface area contributed by atoms with Gasteiger partial charge in [-0.25, -0.2) is 4.79 Å². The van der Waals surface area contributed by atoms with Crippen LogP contribution in [0, 0.1) is 0 Å². The minimum atomic E-state index is -1.35. The first-order valence-corrected chi connectivity index (χ1v) is 5.64. The maximum Gasteiger partial charge on any atom is 0.330 e. The number of carboxylic acids is 1. The van der Waals surface area contributed by atoms with Crippen LogP contribution in [0.4, 0.5) is 0 Å². The van der Waals surface area contributed by atoms with Crippen LogP contribution in [0.3, 0.4) is 0 Å². The predicted octanol–water partition coefficient (Wildman–Crippen LogP) is 0.685. The highest BCUT2D eigenvalue weighted by molar-refractivity contribution is 6.23. The highest BCUT2D eigenvalue weighted by Gasteiger charge is 2.57. The summed E-state index contributed by atoms with van der Waals surface area (Å²) in [5, 5.41) is 9.30. The van der Waals surface area contributed by atoms with E-state index < -0.39 is 23.3 Å². The molecule has 1 aliphatic heterocycles. The van der Waals surface area contributed by atoms with E-state index in [1.54, 1.807) is 0 Å². The van der Waals surface area contributed by atoms with Crippen LogP contribution in [0.15, 0.2) is 18.5 Å². The number of nitrogens with zero attached hydrogens (tertiary/aromatic N) is 2. The van der Waals surface area contributed by atoms with Crippen LogP contribution in [0.2, 0.25) is 0 Å². The van der Waals surface area contributed by atoms with E-state index in [1.807, 2.05) is 0 Å². The zero-order valence-corrected chi connectivity index (χ0v) is 9.42. The van der Waals surface area contributed by atoms with E-state index in [4.69, 9.17) is 0 Å². The number of aliphatic carboxylic acids is 1. The summed E-state index contributed by atoms with van der Waals surface area (Å²) in [6.45, 7) is 0. The molecule has 1 aliphatic carbocycles. The fraction of sp³-hybridized carbons (Fsp3) is 0.333. The summed E-state index contributed by atoms with van der Waals surface area (Å²) in [6, 6.07) is 1.45. The molecule has 6 heteroatoms. The molecule has 3 rings (SSSR count). The van der Waals surface area contributed by atoms with Crippen LogP contribution in [0.5, 0.6) is 0 Å². The highest BCUT2D eigenvalue weighted by Crippen LogP contribution is 2.42. The minimum Gasteiger partial charge on any atom is -0.479 e. The molecule has 0 atom stereocenters. The maximum atomic E-state index is 12.2. The number of carbonyl (C=O) groups excluding carboxylic acids is 2. The van der Waals surface area contributed by atoms with E-state index in [-0.39, 0.29) is 11.1 Å². The lowest BCUT2D eigenvalue weighted by atomic mass is 9.75. The Hall–Kier alpha value is -2.24. The number of rotatable bonds is 2. The molecule has 0 spiro atoms. The second kappa shape index (κ2) is 3.38. The molecule has 0 aromatic carbocycles. The molecular formula is C12H10N2O4. The second-order valence-corrected chi connectivity index (χ2v) is 4.56. The van der Waals surface area contributed by atoms with E-state index in [0.717, 1.165) is 4.90 Å². The summed E-state index contributed by atoms with van der Waals surface area (Å²) in [7, 11) is 0. The quantitative estimate of drug-likeness (QED) is 0.775. The summed E-state index contributed by atoms with van der Waals surface area (Å²) < 4.78 is 0. The SMILES string of the molecule is O=C1c2ccncc2C(=O)N1C1(C(=O)O)CCC1. The molecule has 1 saturated carbocycles. The molecule has 2 amide bonds. The minimum absolute atomic E-state index is 0.190. The number of fused-ring (bicyclic) bond motifs is 1. The first kappa shape index (κ1) is 10.9. The van der Waals surface area contributed by atoms with Gasteiger partial charge in [0.2, 0.25) is 0 Å². The van der Waals surface area contributed by atoms with Gasteiger partial charge in [-0.15, -0.1) is 0 Å². The number of hydrogen-bond donors (Lipinski definition) is 1. The van der Waals surface area contributed by atoms with Gasteiger partial charge in [-0.1, -0.05) is 0 Å². The third kappa shape index (κ3) is 1.12. The van der Waals surface area contributed by atoms with Crippen molar-refractivity contribution in [2.75, 3.05) is 0 Å². The van der Waals surface area contributed by atoms with Gasteiger partial charge in [0, 0.05) is 12.4 Å². The van der Waals surface area contributed by atoms with Crippen LogP contribution in [-0.2, 0) is 4.79 Å². The van der Waals surface area contributed by atoms with Gasteiger partial charge in [-0.05, 0) is 25.3 Å². The summed E-state index contributed by atoms with van der Waals surface area (Å²) in [5.74, 6) is -2.19. The van der Waals surface area contributed by atoms with E-state index in [9.17, 15) is 19.5 Å². The van der Waals surface area contributed by atoms with Crippen LogP contribution in [0.25, 0.3) is 0 Å². The van der Waals surface area contributed by atoms with Crippen LogP contribution >= 0.6 is 0 Å². The Labute approximate surface area is 102 Å². The van der Waals surface area contributed by atoms with Crippen molar-refractivity contribution in [2.45, 2.75) is 24.8 Å². The lowest BCUT2D eigenvalue weighted by Gasteiger charge is -2.43. The van der Waals surface area contributed by atoms with Crippen molar-refractivity contribution in [3.05, 3.63) is 29.6 Å². The summed E-state index contributed by atoms with van der Waals surface area (Å²) in [5.41, 5.74) is -0.926. The molecule has 0 saturated heterocycles. The Kier molecular flexibility index (Phi) is 2.04. The fourth-order valence-electron chi connectivity index (χ4n) is 2.52. The lowest BCUT2D eigenvalue weighted by Crippen LogP contribution is -2.61. The third-order valence-electron chi connectivity index (χ3n) is 3.69. The summed E-state index contributed by atoms with van der Waals surface area (Å²) in [6.07, 6.45) is 4.08. The van der Waals surface area contributed by atoms with E-state index in [1.165, 1.54) is 18.5 Å². The van der Waals surface area contributed by atoms with Crippen molar-refractivity contribution in [3.63, 3.8) is 0 Å². The summed E-state index contributed by atoms with van der Waals surface area (Å²) >= 11 is 0. The number of amides is 2. The Balaban J connectivity index is 2.10. The molecule has 0 radical (unpaired) electrons. The van der Waals surface area contributed by atoms with Gasteiger partial charge in [0.05, 0.1) is 11.1 Å². The van der Waals surface area contributed by atoms with Crippen molar-refractivity contribution in [2.24, 2.45) is 0 Å².